The lowest BCUT2D eigenvalue weighted by atomic mass is 10.1. The molecule has 2 aromatic carbocycles. The molecule has 2 aromatic rings. The van der Waals surface area contributed by atoms with Gasteiger partial charge in [-0.25, -0.2) is 0 Å². The molecule has 1 N–H and O–H groups in total. The topological polar surface area (TPSA) is 49.4 Å². The first-order chi connectivity index (χ1) is 12.9. The summed E-state index contributed by atoms with van der Waals surface area (Å²) in [5, 5.41) is 2.74. The van der Waals surface area contributed by atoms with Crippen LogP contribution in [0.5, 0.6) is 0 Å². The summed E-state index contributed by atoms with van der Waals surface area (Å²) in [5.74, 6) is -1.72. The number of benzene rings is 2. The smallest absolute Gasteiger partial charge is 0.355 e. The molecule has 0 saturated carbocycles. The van der Waals surface area contributed by atoms with Crippen LogP contribution in [-0.2, 0) is 22.2 Å². The van der Waals surface area contributed by atoms with Crippen LogP contribution in [0.2, 0.25) is 0 Å². The molecule has 0 spiro atoms. The van der Waals surface area contributed by atoms with E-state index in [1.165, 1.54) is 17.0 Å². The van der Waals surface area contributed by atoms with E-state index >= 15 is 0 Å². The quantitative estimate of drug-likeness (QED) is 0.813. The van der Waals surface area contributed by atoms with Crippen molar-refractivity contribution in [2.75, 3.05) is 18.0 Å². The molecule has 1 fully saturated rings. The Bertz CT molecular complexity index is 821. The van der Waals surface area contributed by atoms with E-state index in [9.17, 15) is 22.8 Å². The average molecular weight is 376 g/mol. The van der Waals surface area contributed by atoms with Crippen molar-refractivity contribution < 1.29 is 22.8 Å². The zero-order valence-electron chi connectivity index (χ0n) is 14.5. The second-order valence-electron chi connectivity index (χ2n) is 6.41. The minimum atomic E-state index is -4.48. The minimum Gasteiger partial charge on any atom is -0.355 e. The van der Waals surface area contributed by atoms with Crippen LogP contribution in [0.25, 0.3) is 0 Å². The molecule has 1 aliphatic rings. The Hall–Kier alpha value is -2.83. The summed E-state index contributed by atoms with van der Waals surface area (Å²) in [5.41, 5.74) is 0.416. The summed E-state index contributed by atoms with van der Waals surface area (Å²) in [6, 6.07) is 14.2. The van der Waals surface area contributed by atoms with Crippen molar-refractivity contribution in [1.29, 1.82) is 0 Å². The standard InChI is InChI=1S/C20H19F3N2O2/c21-20(22,23)15-7-4-8-16(13-15)25-12-10-17(19(25)27)18(26)24-11-9-14-5-2-1-3-6-14/h1-8,13,17H,9-12H2,(H,24,26). The first kappa shape index (κ1) is 18.9. The largest absolute Gasteiger partial charge is 0.416 e. The van der Waals surface area contributed by atoms with Crippen LogP contribution in [-0.4, -0.2) is 24.9 Å². The first-order valence-corrected chi connectivity index (χ1v) is 8.66. The molecule has 27 heavy (non-hydrogen) atoms. The molecule has 0 bridgehead atoms. The Morgan fingerprint density at radius 1 is 1.11 bits per heavy atom. The van der Waals surface area contributed by atoms with Crippen molar-refractivity contribution in [2.24, 2.45) is 5.92 Å². The monoisotopic (exact) mass is 376 g/mol. The Balaban J connectivity index is 1.60. The van der Waals surface area contributed by atoms with Gasteiger partial charge in [0.2, 0.25) is 11.8 Å². The van der Waals surface area contributed by atoms with Crippen molar-refractivity contribution in [3.8, 4) is 0 Å². The maximum absolute atomic E-state index is 12.9. The van der Waals surface area contributed by atoms with Gasteiger partial charge in [0.05, 0.1) is 5.56 Å². The van der Waals surface area contributed by atoms with Crippen LogP contribution in [0.1, 0.15) is 17.5 Å². The van der Waals surface area contributed by atoms with Gasteiger partial charge >= 0.3 is 6.18 Å². The van der Waals surface area contributed by atoms with Crippen LogP contribution in [0.4, 0.5) is 18.9 Å². The number of alkyl halides is 3. The van der Waals surface area contributed by atoms with Gasteiger partial charge in [-0.1, -0.05) is 36.4 Å². The third kappa shape index (κ3) is 4.48. The number of amides is 2. The molecular formula is C20H19F3N2O2. The highest BCUT2D eigenvalue weighted by Gasteiger charge is 2.38. The molecular weight excluding hydrogens is 357 g/mol. The van der Waals surface area contributed by atoms with Crippen LogP contribution < -0.4 is 10.2 Å². The number of hydrogen-bond donors (Lipinski definition) is 1. The van der Waals surface area contributed by atoms with Gasteiger partial charge in [0, 0.05) is 18.8 Å². The van der Waals surface area contributed by atoms with Crippen LogP contribution >= 0.6 is 0 Å². The molecule has 1 atom stereocenters. The first-order valence-electron chi connectivity index (χ1n) is 8.66. The number of anilines is 1. The van der Waals surface area contributed by atoms with Gasteiger partial charge in [-0.3, -0.25) is 9.59 Å². The van der Waals surface area contributed by atoms with Crippen LogP contribution in [0.3, 0.4) is 0 Å². The van der Waals surface area contributed by atoms with Crippen LogP contribution in [0, 0.1) is 5.92 Å². The lowest BCUT2D eigenvalue weighted by Gasteiger charge is -2.18. The third-order valence-electron chi connectivity index (χ3n) is 4.56. The van der Waals surface area contributed by atoms with Gasteiger partial charge in [0.1, 0.15) is 5.92 Å². The molecule has 1 aliphatic heterocycles. The molecule has 1 heterocycles. The molecule has 7 heteroatoms. The molecule has 1 saturated heterocycles. The second kappa shape index (κ2) is 7.82. The lowest BCUT2D eigenvalue weighted by molar-refractivity contribution is -0.138. The summed E-state index contributed by atoms with van der Waals surface area (Å²) in [4.78, 5) is 26.1. The molecule has 142 valence electrons. The zero-order valence-corrected chi connectivity index (χ0v) is 14.5. The predicted octanol–water partition coefficient (Wildman–Crippen LogP) is 3.42. The SMILES string of the molecule is O=C(NCCc1ccccc1)C1CCN(c2cccc(C(F)(F)F)c2)C1=O. The van der Waals surface area contributed by atoms with Gasteiger partial charge in [0.15, 0.2) is 0 Å². The van der Waals surface area contributed by atoms with E-state index in [1.807, 2.05) is 30.3 Å². The minimum absolute atomic E-state index is 0.161. The number of rotatable bonds is 5. The molecule has 1 unspecified atom stereocenters. The molecule has 0 radical (unpaired) electrons. The Labute approximate surface area is 155 Å². The van der Waals surface area contributed by atoms with E-state index in [0.717, 1.165) is 17.7 Å². The fourth-order valence-electron chi connectivity index (χ4n) is 3.13. The van der Waals surface area contributed by atoms with Gasteiger partial charge in [-0.05, 0) is 36.6 Å². The number of hydrogen-bond acceptors (Lipinski definition) is 2. The summed E-state index contributed by atoms with van der Waals surface area (Å²) in [7, 11) is 0. The van der Waals surface area contributed by atoms with E-state index < -0.39 is 23.6 Å². The molecule has 0 aliphatic carbocycles. The Morgan fingerprint density at radius 3 is 2.56 bits per heavy atom. The van der Waals surface area contributed by atoms with E-state index in [1.54, 1.807) is 0 Å². The normalized spacial score (nSPS) is 17.2. The van der Waals surface area contributed by atoms with Crippen molar-refractivity contribution in [3.63, 3.8) is 0 Å². The second-order valence-corrected chi connectivity index (χ2v) is 6.41. The fraction of sp³-hybridized carbons (Fsp3) is 0.300. The maximum atomic E-state index is 12.9. The summed E-state index contributed by atoms with van der Waals surface area (Å²) < 4.78 is 38.6. The third-order valence-corrected chi connectivity index (χ3v) is 4.56. The molecule has 2 amide bonds. The van der Waals surface area contributed by atoms with E-state index in [0.29, 0.717) is 13.0 Å². The van der Waals surface area contributed by atoms with Gasteiger partial charge in [-0.15, -0.1) is 0 Å². The van der Waals surface area contributed by atoms with Crippen molar-refractivity contribution in [2.45, 2.75) is 19.0 Å². The molecule has 0 aromatic heterocycles. The van der Waals surface area contributed by atoms with Crippen molar-refractivity contribution in [3.05, 3.63) is 65.7 Å². The average Bonchev–Trinajstić information content (AvgIpc) is 3.03. The maximum Gasteiger partial charge on any atom is 0.416 e. The summed E-state index contributed by atoms with van der Waals surface area (Å²) in [6.45, 7) is 0.618. The number of nitrogens with zero attached hydrogens (tertiary/aromatic N) is 1. The number of carbonyl (C=O) groups excluding carboxylic acids is 2. The Kier molecular flexibility index (Phi) is 5.48. The van der Waals surface area contributed by atoms with Gasteiger partial charge in [0.25, 0.3) is 0 Å². The molecule has 4 nitrogen and oxygen atoms in total. The number of nitrogens with one attached hydrogen (secondary N) is 1. The highest BCUT2D eigenvalue weighted by Crippen LogP contribution is 2.33. The van der Waals surface area contributed by atoms with Crippen molar-refractivity contribution >= 4 is 17.5 Å². The zero-order chi connectivity index (χ0) is 19.4. The van der Waals surface area contributed by atoms with Crippen molar-refractivity contribution in [1.82, 2.24) is 5.32 Å². The van der Waals surface area contributed by atoms with Gasteiger partial charge < -0.3 is 10.2 Å². The van der Waals surface area contributed by atoms with E-state index in [2.05, 4.69) is 5.32 Å². The van der Waals surface area contributed by atoms with E-state index in [4.69, 9.17) is 0 Å². The highest BCUT2D eigenvalue weighted by molar-refractivity contribution is 6.09. The number of halogens is 3. The van der Waals surface area contributed by atoms with E-state index in [-0.39, 0.29) is 24.6 Å². The summed E-state index contributed by atoms with van der Waals surface area (Å²) in [6.07, 6.45) is -3.55. The lowest BCUT2D eigenvalue weighted by Crippen LogP contribution is -2.37. The molecule has 3 rings (SSSR count). The predicted molar refractivity (Wildman–Crippen MR) is 95.1 cm³/mol. The van der Waals surface area contributed by atoms with Gasteiger partial charge in [-0.2, -0.15) is 13.2 Å². The van der Waals surface area contributed by atoms with Crippen LogP contribution in [0.15, 0.2) is 54.6 Å². The highest BCUT2D eigenvalue weighted by atomic mass is 19.4. The number of carbonyl (C=O) groups is 2. The fourth-order valence-corrected chi connectivity index (χ4v) is 3.13. The summed E-state index contributed by atoms with van der Waals surface area (Å²) >= 11 is 0. The Morgan fingerprint density at radius 2 is 1.85 bits per heavy atom.